The van der Waals surface area contributed by atoms with Gasteiger partial charge in [-0.1, -0.05) is 20.8 Å². The Morgan fingerprint density at radius 3 is 2.31 bits per heavy atom. The van der Waals surface area contributed by atoms with E-state index in [2.05, 4.69) is 26.1 Å². The lowest BCUT2D eigenvalue weighted by molar-refractivity contribution is -0.223. The van der Waals surface area contributed by atoms with Crippen molar-refractivity contribution in [2.75, 3.05) is 12.3 Å². The maximum atomic E-state index is 12.2. The lowest BCUT2D eigenvalue weighted by Crippen LogP contribution is -2.64. The first-order valence-electron chi connectivity index (χ1n) is 13.5. The Balaban J connectivity index is 1.42. The quantitative estimate of drug-likeness (QED) is 0.327. The van der Waals surface area contributed by atoms with Crippen LogP contribution < -0.4 is 5.32 Å². The van der Waals surface area contributed by atoms with Gasteiger partial charge in [-0.25, -0.2) is 0 Å². The van der Waals surface area contributed by atoms with E-state index < -0.39 is 28.1 Å². The first-order chi connectivity index (χ1) is 16.3. The third-order valence-electron chi connectivity index (χ3n) is 11.0. The zero-order chi connectivity index (χ0) is 25.8. The van der Waals surface area contributed by atoms with Crippen molar-refractivity contribution in [2.45, 2.75) is 96.9 Å². The number of carbonyl (C=O) groups excluding carboxylic acids is 1. The van der Waals surface area contributed by atoms with Crippen molar-refractivity contribution in [3.8, 4) is 0 Å². The zero-order valence-electron chi connectivity index (χ0n) is 21.4. The number of aliphatic hydroxyl groups is 3. The number of hydrogen-bond donors (Lipinski definition) is 5. The van der Waals surface area contributed by atoms with Crippen molar-refractivity contribution in [3.63, 3.8) is 0 Å². The summed E-state index contributed by atoms with van der Waals surface area (Å²) in [6, 6.07) is 0. The van der Waals surface area contributed by atoms with Gasteiger partial charge in [0.2, 0.25) is 5.91 Å². The molecule has 0 radical (unpaired) electrons. The van der Waals surface area contributed by atoms with E-state index in [1.54, 1.807) is 0 Å². The lowest BCUT2D eigenvalue weighted by Gasteiger charge is -2.63. The molecule has 0 aromatic carbocycles. The molecule has 0 aromatic heterocycles. The summed E-state index contributed by atoms with van der Waals surface area (Å²) in [5.41, 5.74) is 0.00776. The maximum absolute atomic E-state index is 12.2. The highest BCUT2D eigenvalue weighted by Gasteiger charge is 2.65. The third-order valence-corrected chi connectivity index (χ3v) is 11.7. The first kappa shape index (κ1) is 27.3. The van der Waals surface area contributed by atoms with Crippen LogP contribution in [0.4, 0.5) is 0 Å². The first-order valence-corrected chi connectivity index (χ1v) is 15.1. The molecule has 4 saturated carbocycles. The van der Waals surface area contributed by atoms with Crippen LogP contribution in [0.5, 0.6) is 0 Å². The maximum Gasteiger partial charge on any atom is 0.266 e. The number of carbonyl (C=O) groups is 1. The topological polar surface area (TPSA) is 144 Å². The van der Waals surface area contributed by atoms with Crippen LogP contribution in [0.2, 0.25) is 0 Å². The number of hydrogen-bond acceptors (Lipinski definition) is 6. The molecule has 4 aliphatic carbocycles. The van der Waals surface area contributed by atoms with Crippen molar-refractivity contribution in [3.05, 3.63) is 0 Å². The minimum Gasteiger partial charge on any atom is -0.393 e. The van der Waals surface area contributed by atoms with E-state index in [1.165, 1.54) is 0 Å². The average molecular weight is 516 g/mol. The molecule has 8 nitrogen and oxygen atoms in total. The molecular weight excluding hydrogens is 470 g/mol. The highest BCUT2D eigenvalue weighted by Crippen LogP contribution is 2.68. The van der Waals surface area contributed by atoms with Gasteiger partial charge in [0, 0.05) is 13.0 Å². The molecule has 0 spiro atoms. The van der Waals surface area contributed by atoms with E-state index in [1.807, 2.05) is 0 Å². The number of amides is 1. The van der Waals surface area contributed by atoms with Crippen molar-refractivity contribution < 1.29 is 33.1 Å². The number of rotatable bonds is 7. The van der Waals surface area contributed by atoms with Gasteiger partial charge in [0.1, 0.15) is 0 Å². The molecule has 4 fully saturated rings. The summed E-state index contributed by atoms with van der Waals surface area (Å²) in [6.07, 6.45) is 5.54. The van der Waals surface area contributed by atoms with Gasteiger partial charge in [-0.15, -0.1) is 0 Å². The van der Waals surface area contributed by atoms with Gasteiger partial charge in [-0.3, -0.25) is 9.35 Å². The van der Waals surface area contributed by atoms with Crippen molar-refractivity contribution in [1.82, 2.24) is 5.32 Å². The Morgan fingerprint density at radius 2 is 1.63 bits per heavy atom. The second kappa shape index (κ2) is 9.86. The van der Waals surface area contributed by atoms with Crippen LogP contribution in [-0.2, 0) is 14.9 Å². The molecule has 0 heterocycles. The second-order valence-electron chi connectivity index (χ2n) is 12.7. The molecule has 1 amide bonds. The van der Waals surface area contributed by atoms with Gasteiger partial charge >= 0.3 is 0 Å². The largest absolute Gasteiger partial charge is 0.393 e. The van der Waals surface area contributed by atoms with Crippen LogP contribution in [0, 0.1) is 46.3 Å². The predicted octanol–water partition coefficient (Wildman–Crippen LogP) is 2.37. The fourth-order valence-electron chi connectivity index (χ4n) is 9.18. The van der Waals surface area contributed by atoms with Gasteiger partial charge in [0.15, 0.2) is 0 Å². The van der Waals surface area contributed by atoms with E-state index in [4.69, 9.17) is 4.55 Å². The number of nitrogens with one attached hydrogen (secondary N) is 1. The van der Waals surface area contributed by atoms with Crippen molar-refractivity contribution in [1.29, 1.82) is 0 Å². The summed E-state index contributed by atoms with van der Waals surface area (Å²) in [7, 11) is -4.08. The summed E-state index contributed by atoms with van der Waals surface area (Å²) in [4.78, 5) is 12.2. The Labute approximate surface area is 210 Å². The van der Waals surface area contributed by atoms with Crippen LogP contribution in [0.15, 0.2) is 0 Å². The highest BCUT2D eigenvalue weighted by atomic mass is 32.2. The molecule has 9 heteroatoms. The van der Waals surface area contributed by atoms with E-state index in [0.717, 1.165) is 38.5 Å². The fourth-order valence-corrected chi connectivity index (χ4v) is 9.54. The van der Waals surface area contributed by atoms with Gasteiger partial charge in [0.25, 0.3) is 10.1 Å². The molecule has 202 valence electrons. The molecule has 11 atom stereocenters. The molecule has 3 unspecified atom stereocenters. The Morgan fingerprint density at radius 1 is 0.971 bits per heavy atom. The minimum atomic E-state index is -4.08. The SMILES string of the molecule is CC(CCC(=O)NCCS(=O)(=O)O)[C@H]1CC[C@H]2[C@@H]3[C@H](O)[C@H](O)[C@@H]4C[C@H](O)CCC4(C)[C@H]3CCC12C. The van der Waals surface area contributed by atoms with Crippen LogP contribution >= 0.6 is 0 Å². The molecule has 35 heavy (non-hydrogen) atoms. The Hall–Kier alpha value is -0.740. The molecule has 5 N–H and O–H groups in total. The van der Waals surface area contributed by atoms with E-state index in [0.29, 0.717) is 42.9 Å². The summed E-state index contributed by atoms with van der Waals surface area (Å²) >= 11 is 0. The van der Waals surface area contributed by atoms with E-state index in [-0.39, 0.29) is 41.2 Å². The predicted molar refractivity (Wildman–Crippen MR) is 132 cm³/mol. The standard InChI is InChI=1S/C26H45NO7S/c1-15(4-7-21(29)27-12-13-35(32,33)34)17-5-6-18-22-19(9-11-25(17,18)2)26(3)10-8-16(28)14-20(26)23(30)24(22)31/h15-20,22-24,28,30-31H,4-14H2,1-3H3,(H,27,29)(H,32,33,34)/t15?,16-,17-,18+,19+,20+,22+,23-,24+,25?,26?/m1/s1. The monoisotopic (exact) mass is 515 g/mol. The summed E-state index contributed by atoms with van der Waals surface area (Å²) in [6.45, 7) is 6.75. The van der Waals surface area contributed by atoms with Crippen LogP contribution in [0.25, 0.3) is 0 Å². The molecule has 0 aromatic rings. The van der Waals surface area contributed by atoms with Gasteiger partial charge in [-0.05, 0) is 97.7 Å². The third kappa shape index (κ3) is 5.05. The molecular formula is C26H45NO7S. The zero-order valence-corrected chi connectivity index (χ0v) is 22.2. The molecule has 4 rings (SSSR count). The smallest absolute Gasteiger partial charge is 0.266 e. The number of aliphatic hydroxyl groups excluding tert-OH is 3. The van der Waals surface area contributed by atoms with Crippen LogP contribution in [0.3, 0.4) is 0 Å². The summed E-state index contributed by atoms with van der Waals surface area (Å²) in [5.74, 6) is 0.781. The van der Waals surface area contributed by atoms with Crippen LogP contribution in [-0.4, -0.2) is 64.8 Å². The normalized spacial score (nSPS) is 46.3. The summed E-state index contributed by atoms with van der Waals surface area (Å²) in [5, 5.41) is 35.4. The van der Waals surface area contributed by atoms with Crippen molar-refractivity contribution >= 4 is 16.0 Å². The summed E-state index contributed by atoms with van der Waals surface area (Å²) < 4.78 is 30.5. The lowest BCUT2D eigenvalue weighted by atomic mass is 9.43. The Kier molecular flexibility index (Phi) is 7.69. The van der Waals surface area contributed by atoms with Gasteiger partial charge in [-0.2, -0.15) is 8.42 Å². The molecule has 4 aliphatic rings. The Bertz CT molecular complexity index is 896. The van der Waals surface area contributed by atoms with E-state index in [9.17, 15) is 28.5 Å². The van der Waals surface area contributed by atoms with E-state index >= 15 is 0 Å². The second-order valence-corrected chi connectivity index (χ2v) is 14.3. The fraction of sp³-hybridized carbons (Fsp3) is 0.962. The van der Waals surface area contributed by atoms with Crippen molar-refractivity contribution in [2.24, 2.45) is 46.3 Å². The molecule has 0 saturated heterocycles. The molecule has 0 bridgehead atoms. The minimum absolute atomic E-state index is 0.0479. The average Bonchev–Trinajstić information content (AvgIpc) is 3.13. The van der Waals surface area contributed by atoms with Gasteiger partial charge < -0.3 is 20.6 Å². The molecule has 0 aliphatic heterocycles. The highest BCUT2D eigenvalue weighted by molar-refractivity contribution is 7.85. The number of fused-ring (bicyclic) bond motifs is 5. The van der Waals surface area contributed by atoms with Gasteiger partial charge in [0.05, 0.1) is 24.1 Å². The van der Waals surface area contributed by atoms with Crippen LogP contribution in [0.1, 0.15) is 78.6 Å².